The Labute approximate surface area is 182 Å². The van der Waals surface area contributed by atoms with E-state index in [0.717, 1.165) is 3.58 Å². The molecule has 3 heterocycles. The molecule has 0 bridgehead atoms. The number of barbiturate groups is 1. The van der Waals surface area contributed by atoms with Crippen LogP contribution in [0.1, 0.15) is 3.58 Å². The first-order valence-corrected chi connectivity index (χ1v) is 12.8. The van der Waals surface area contributed by atoms with Crippen LogP contribution in [0.15, 0.2) is 66.2 Å². The van der Waals surface area contributed by atoms with Crippen molar-refractivity contribution in [2.24, 2.45) is 0 Å². The monoisotopic (exact) mass is 565 g/mol. The number of anilines is 3. The Bertz CT molecular complexity index is 1150. The van der Waals surface area contributed by atoms with Gasteiger partial charge in [-0.3, -0.25) is 0 Å². The zero-order valence-electron chi connectivity index (χ0n) is 14.8. The maximum atomic E-state index is 12.0. The standard InChI is InChI=1S/C21H13N3O3SeTe/c25-19-13(20(26)23-21(27)22-19)11-12-9-10-18(29-12)24-14-5-1-3-7-16(14)28-17-8-4-2-6-15(17)24/h1-11H,(H2,22,23,25,26,27). The van der Waals surface area contributed by atoms with E-state index in [0.29, 0.717) is 0 Å². The summed E-state index contributed by atoms with van der Waals surface area (Å²) >= 11 is -0.570. The van der Waals surface area contributed by atoms with Crippen molar-refractivity contribution >= 4 is 83.3 Å². The van der Waals surface area contributed by atoms with Crippen LogP contribution in [0.3, 0.4) is 0 Å². The molecule has 1 aromatic heterocycles. The van der Waals surface area contributed by atoms with Crippen molar-refractivity contribution in [3.8, 4) is 0 Å². The topological polar surface area (TPSA) is 78.5 Å². The van der Waals surface area contributed by atoms with Gasteiger partial charge in [-0.15, -0.1) is 0 Å². The molecule has 6 nitrogen and oxygen atoms in total. The quantitative estimate of drug-likeness (QED) is 0.217. The molecule has 1 saturated heterocycles. The van der Waals surface area contributed by atoms with Crippen LogP contribution in [0.25, 0.3) is 6.08 Å². The molecular formula is C21H13N3O3SeTe. The fraction of sp³-hybridized carbons (Fsp3) is 0. The molecule has 142 valence electrons. The second-order valence-electron chi connectivity index (χ2n) is 6.34. The second kappa shape index (κ2) is 7.32. The van der Waals surface area contributed by atoms with Gasteiger partial charge in [0.2, 0.25) is 0 Å². The number of carbonyl (C=O) groups is 3. The number of hydrogen-bond acceptors (Lipinski definition) is 4. The molecule has 5 rings (SSSR count). The third kappa shape index (κ3) is 3.35. The van der Waals surface area contributed by atoms with Crippen molar-refractivity contribution in [2.75, 3.05) is 4.90 Å². The fourth-order valence-corrected chi connectivity index (χ4v) is 8.24. The summed E-state index contributed by atoms with van der Waals surface area (Å²) in [5, 5.41) is 4.24. The molecule has 2 aliphatic rings. The number of amides is 4. The van der Waals surface area contributed by atoms with Crippen molar-refractivity contribution in [1.29, 1.82) is 0 Å². The molecule has 2 aliphatic heterocycles. The molecule has 4 amide bonds. The molecule has 0 atom stereocenters. The Hall–Kier alpha value is -2.62. The first kappa shape index (κ1) is 18.4. The van der Waals surface area contributed by atoms with Crippen LogP contribution in [-0.4, -0.2) is 53.2 Å². The van der Waals surface area contributed by atoms with Crippen molar-refractivity contribution in [1.82, 2.24) is 10.6 Å². The van der Waals surface area contributed by atoms with Gasteiger partial charge in [0, 0.05) is 0 Å². The number of nitrogens with zero attached hydrogens (tertiary/aromatic N) is 1. The molecular weight excluding hydrogens is 549 g/mol. The summed E-state index contributed by atoms with van der Waals surface area (Å²) in [5.41, 5.74) is 2.37. The van der Waals surface area contributed by atoms with E-state index in [2.05, 4.69) is 70.1 Å². The summed E-state index contributed by atoms with van der Waals surface area (Å²) < 4.78 is 4.84. The third-order valence-corrected chi connectivity index (χ3v) is 9.77. The summed E-state index contributed by atoms with van der Waals surface area (Å²) in [6.07, 6.45) is 1.61. The first-order chi connectivity index (χ1) is 14.1. The van der Waals surface area contributed by atoms with Gasteiger partial charge in [0.25, 0.3) is 0 Å². The SMILES string of the molecule is O=C1NC(=O)C(=Cc2ccc(N3c4ccccc4[Se]c4ccccc43)[te]2)C(=O)N1. The molecule has 2 N–H and O–H groups in total. The van der Waals surface area contributed by atoms with Gasteiger partial charge >= 0.3 is 183 Å². The van der Waals surface area contributed by atoms with E-state index in [-0.39, 0.29) is 20.5 Å². The Kier molecular flexibility index (Phi) is 4.65. The summed E-state index contributed by atoms with van der Waals surface area (Å²) in [5.74, 6) is -1.31. The Morgan fingerprint density at radius 3 is 2.00 bits per heavy atom. The zero-order valence-corrected chi connectivity index (χ0v) is 18.9. The second-order valence-corrected chi connectivity index (χ2v) is 11.7. The molecule has 2 aromatic carbocycles. The molecule has 1 fully saturated rings. The normalized spacial score (nSPS) is 15.4. The summed E-state index contributed by atoms with van der Waals surface area (Å²) in [7, 11) is 0. The van der Waals surface area contributed by atoms with Gasteiger partial charge in [0.1, 0.15) is 0 Å². The van der Waals surface area contributed by atoms with E-state index in [1.807, 2.05) is 6.07 Å². The molecule has 0 unspecified atom stereocenters. The predicted octanol–water partition coefficient (Wildman–Crippen LogP) is 0.931. The van der Waals surface area contributed by atoms with Crippen LogP contribution in [-0.2, 0) is 9.59 Å². The van der Waals surface area contributed by atoms with Crippen LogP contribution in [0, 0.1) is 0 Å². The van der Waals surface area contributed by atoms with Crippen LogP contribution in [0.2, 0.25) is 0 Å². The summed E-state index contributed by atoms with van der Waals surface area (Å²) in [6, 6.07) is 20.1. The van der Waals surface area contributed by atoms with Crippen molar-refractivity contribution in [3.05, 3.63) is 69.8 Å². The Morgan fingerprint density at radius 1 is 0.793 bits per heavy atom. The van der Waals surface area contributed by atoms with Crippen molar-refractivity contribution in [2.45, 2.75) is 0 Å². The van der Waals surface area contributed by atoms with E-state index >= 15 is 0 Å². The van der Waals surface area contributed by atoms with E-state index in [1.165, 1.54) is 24.0 Å². The summed E-state index contributed by atoms with van der Waals surface area (Å²) in [4.78, 5) is 37.6. The van der Waals surface area contributed by atoms with Gasteiger partial charge in [-0.05, 0) is 0 Å². The molecule has 3 aromatic rings. The van der Waals surface area contributed by atoms with Gasteiger partial charge in [-0.1, -0.05) is 0 Å². The Morgan fingerprint density at radius 2 is 1.38 bits per heavy atom. The van der Waals surface area contributed by atoms with Gasteiger partial charge in [-0.25, -0.2) is 0 Å². The van der Waals surface area contributed by atoms with Crippen molar-refractivity contribution < 1.29 is 14.4 Å². The first-order valence-electron chi connectivity index (χ1n) is 8.74. The number of hydrogen-bond donors (Lipinski definition) is 2. The van der Waals surface area contributed by atoms with Gasteiger partial charge in [0.05, 0.1) is 0 Å². The number of nitrogens with one attached hydrogen (secondary N) is 2. The van der Waals surface area contributed by atoms with E-state index in [9.17, 15) is 14.4 Å². The van der Waals surface area contributed by atoms with Crippen molar-refractivity contribution in [3.63, 3.8) is 0 Å². The van der Waals surface area contributed by atoms with Crippen LogP contribution in [0.4, 0.5) is 19.9 Å². The van der Waals surface area contributed by atoms with Gasteiger partial charge in [-0.2, -0.15) is 0 Å². The molecule has 0 saturated carbocycles. The average molecular weight is 562 g/mol. The molecule has 0 radical (unpaired) electrons. The Balaban J connectivity index is 1.56. The van der Waals surface area contributed by atoms with E-state index < -0.39 is 38.3 Å². The number of benzene rings is 2. The van der Waals surface area contributed by atoms with E-state index in [1.54, 1.807) is 6.08 Å². The number of imide groups is 2. The summed E-state index contributed by atoms with van der Waals surface area (Å²) in [6.45, 7) is 0. The minimum absolute atomic E-state index is 0.0293. The van der Waals surface area contributed by atoms with Crippen LogP contribution < -0.4 is 24.5 Å². The van der Waals surface area contributed by atoms with Crippen LogP contribution >= 0.6 is 0 Å². The van der Waals surface area contributed by atoms with Gasteiger partial charge < -0.3 is 0 Å². The molecule has 29 heavy (non-hydrogen) atoms. The molecule has 0 aliphatic carbocycles. The third-order valence-electron chi connectivity index (χ3n) is 4.50. The minimum atomic E-state index is -0.826. The number of carbonyl (C=O) groups excluding carboxylic acids is 3. The van der Waals surface area contributed by atoms with Gasteiger partial charge in [0.15, 0.2) is 0 Å². The number of urea groups is 1. The zero-order chi connectivity index (χ0) is 20.0. The van der Waals surface area contributed by atoms with Crippen LogP contribution in [0.5, 0.6) is 0 Å². The molecule has 0 spiro atoms. The fourth-order valence-electron chi connectivity index (χ4n) is 3.23. The number of para-hydroxylation sites is 2. The predicted molar refractivity (Wildman–Crippen MR) is 113 cm³/mol. The maximum absolute atomic E-state index is 12.0. The molecule has 8 heteroatoms. The average Bonchev–Trinajstić information content (AvgIpc) is 3.17. The number of fused-ring (bicyclic) bond motifs is 2. The number of rotatable bonds is 2. The van der Waals surface area contributed by atoms with E-state index in [4.69, 9.17) is 0 Å².